The third-order valence-corrected chi connectivity index (χ3v) is 9.46. The van der Waals surface area contributed by atoms with Crippen molar-refractivity contribution < 1.29 is 19.1 Å². The molecule has 0 spiro atoms. The van der Waals surface area contributed by atoms with Gasteiger partial charge in [0.15, 0.2) is 0 Å². The van der Waals surface area contributed by atoms with Crippen molar-refractivity contribution in [1.82, 2.24) is 4.90 Å². The van der Waals surface area contributed by atoms with Crippen molar-refractivity contribution in [2.24, 2.45) is 0 Å². The summed E-state index contributed by atoms with van der Waals surface area (Å²) in [4.78, 5) is 27.8. The average Bonchev–Trinajstić information content (AvgIpc) is 3.13. The molecule has 0 heterocycles. The third-order valence-electron chi connectivity index (χ3n) is 9.46. The molecule has 0 fully saturated rings. The van der Waals surface area contributed by atoms with Gasteiger partial charge in [-0.05, 0) is 83.6 Å². The molecule has 0 bridgehead atoms. The van der Waals surface area contributed by atoms with E-state index in [1.165, 1.54) is 57.8 Å². The normalized spacial score (nSPS) is 11.8. The summed E-state index contributed by atoms with van der Waals surface area (Å²) in [6, 6.07) is 27.3. The van der Waals surface area contributed by atoms with Crippen LogP contribution in [0, 0.1) is 0 Å². The number of carbonyl (C=O) groups is 2. The highest BCUT2D eigenvalue weighted by atomic mass is 16.5. The number of amides is 1. The molecule has 0 saturated carbocycles. The van der Waals surface area contributed by atoms with Crippen molar-refractivity contribution in [2.75, 3.05) is 20.2 Å². The Hall–Kier alpha value is -4.12. The fraction of sp³-hybridized carbons (Fsp3) is 0.455. The molecule has 0 aliphatic rings. The molecule has 0 saturated heterocycles. The molecule has 5 nitrogen and oxygen atoms in total. The highest BCUT2D eigenvalue weighted by Gasteiger charge is 2.19. The van der Waals surface area contributed by atoms with E-state index in [0.29, 0.717) is 11.3 Å². The van der Waals surface area contributed by atoms with Crippen LogP contribution in [0.4, 0.5) is 0 Å². The van der Waals surface area contributed by atoms with E-state index in [1.54, 1.807) is 12.1 Å². The van der Waals surface area contributed by atoms with Crippen molar-refractivity contribution in [3.05, 3.63) is 96.1 Å². The molecule has 4 aromatic carbocycles. The SMILES string of the molecule is CCCCCCCCCCCCOc1ccc(-c2ccc(C(=O)Oc3ccc4cc([C@H](C)C(=O)N(C)CCCCC)ccc4c3)cc2)cc1. The van der Waals surface area contributed by atoms with Gasteiger partial charge in [0.1, 0.15) is 11.5 Å². The van der Waals surface area contributed by atoms with E-state index in [1.807, 2.05) is 73.5 Å². The Morgan fingerprint density at radius 2 is 1.14 bits per heavy atom. The van der Waals surface area contributed by atoms with Gasteiger partial charge in [-0.25, -0.2) is 4.79 Å². The van der Waals surface area contributed by atoms with Gasteiger partial charge < -0.3 is 14.4 Å². The zero-order valence-corrected chi connectivity index (χ0v) is 30.3. The maximum atomic E-state index is 13.0. The lowest BCUT2D eigenvalue weighted by atomic mass is 9.96. The fourth-order valence-electron chi connectivity index (χ4n) is 6.25. The first-order valence-electron chi connectivity index (χ1n) is 18.7. The van der Waals surface area contributed by atoms with Gasteiger partial charge in [-0.1, -0.05) is 133 Å². The number of benzene rings is 4. The zero-order valence-electron chi connectivity index (χ0n) is 30.3. The van der Waals surface area contributed by atoms with Crippen LogP contribution in [0.1, 0.15) is 126 Å². The molecule has 0 unspecified atom stereocenters. The van der Waals surface area contributed by atoms with Crippen molar-refractivity contribution in [3.8, 4) is 22.6 Å². The fourth-order valence-corrected chi connectivity index (χ4v) is 6.25. The van der Waals surface area contributed by atoms with Crippen LogP contribution in [0.15, 0.2) is 84.9 Å². The minimum atomic E-state index is -0.399. The smallest absolute Gasteiger partial charge is 0.343 e. The number of likely N-dealkylation sites (N-methyl/N-ethyl adjacent to an activating group) is 1. The summed E-state index contributed by atoms with van der Waals surface area (Å²) in [6.07, 6.45) is 16.5. The Balaban J connectivity index is 1.22. The predicted molar refractivity (Wildman–Crippen MR) is 204 cm³/mol. The first-order valence-corrected chi connectivity index (χ1v) is 18.7. The molecule has 0 aliphatic carbocycles. The summed E-state index contributed by atoms with van der Waals surface area (Å²) in [5, 5.41) is 1.96. The molecular formula is C44H57NO4. The highest BCUT2D eigenvalue weighted by molar-refractivity contribution is 5.93. The van der Waals surface area contributed by atoms with Gasteiger partial charge in [-0.3, -0.25) is 4.79 Å². The Kier molecular flexibility index (Phi) is 15.7. The first kappa shape index (κ1) is 37.7. The zero-order chi connectivity index (χ0) is 34.8. The van der Waals surface area contributed by atoms with Crippen LogP contribution in [0.5, 0.6) is 11.5 Å². The molecule has 0 aromatic heterocycles. The number of hydrogen-bond acceptors (Lipinski definition) is 4. The second-order valence-electron chi connectivity index (χ2n) is 13.5. The Morgan fingerprint density at radius 3 is 1.80 bits per heavy atom. The number of rotatable bonds is 21. The van der Waals surface area contributed by atoms with Crippen molar-refractivity contribution >= 4 is 22.6 Å². The molecule has 1 amide bonds. The second-order valence-corrected chi connectivity index (χ2v) is 13.5. The second kappa shape index (κ2) is 20.4. The largest absolute Gasteiger partial charge is 0.494 e. The van der Waals surface area contributed by atoms with Crippen molar-refractivity contribution in [2.45, 2.75) is 110 Å². The van der Waals surface area contributed by atoms with E-state index in [-0.39, 0.29) is 11.8 Å². The monoisotopic (exact) mass is 663 g/mol. The molecule has 0 N–H and O–H groups in total. The summed E-state index contributed by atoms with van der Waals surface area (Å²) in [5.74, 6) is 0.890. The van der Waals surface area contributed by atoms with Crippen LogP contribution in [0.25, 0.3) is 21.9 Å². The molecular weight excluding hydrogens is 606 g/mol. The lowest BCUT2D eigenvalue weighted by Crippen LogP contribution is -2.31. The van der Waals surface area contributed by atoms with E-state index in [0.717, 1.165) is 72.0 Å². The van der Waals surface area contributed by atoms with Gasteiger partial charge in [0, 0.05) is 13.6 Å². The van der Waals surface area contributed by atoms with Gasteiger partial charge in [0.05, 0.1) is 18.1 Å². The Bertz CT molecular complexity index is 1580. The standard InChI is InChI=1S/C44H57NO4/c1-5-7-9-10-11-12-13-14-15-17-31-48-41-27-24-36(25-28-41)35-18-20-37(21-19-35)44(47)49-42-29-26-39-32-38(22-23-40(39)33-42)34(3)43(46)45(4)30-16-8-6-2/h18-29,32-34H,5-17,30-31H2,1-4H3/t34-/m0/s1. The van der Waals surface area contributed by atoms with Crippen LogP contribution < -0.4 is 9.47 Å². The van der Waals surface area contributed by atoms with Gasteiger partial charge >= 0.3 is 5.97 Å². The van der Waals surface area contributed by atoms with Gasteiger partial charge in [-0.2, -0.15) is 0 Å². The summed E-state index contributed by atoms with van der Waals surface area (Å²) in [6.45, 7) is 7.93. The minimum Gasteiger partial charge on any atom is -0.494 e. The number of fused-ring (bicyclic) bond motifs is 1. The summed E-state index contributed by atoms with van der Waals surface area (Å²) in [7, 11) is 1.89. The van der Waals surface area contributed by atoms with Gasteiger partial charge in [-0.15, -0.1) is 0 Å². The number of hydrogen-bond donors (Lipinski definition) is 0. The number of ether oxygens (including phenoxy) is 2. The maximum Gasteiger partial charge on any atom is 0.343 e. The Morgan fingerprint density at radius 1 is 0.612 bits per heavy atom. The van der Waals surface area contributed by atoms with E-state index in [9.17, 15) is 9.59 Å². The maximum absolute atomic E-state index is 13.0. The summed E-state index contributed by atoms with van der Waals surface area (Å²) < 4.78 is 11.7. The molecule has 4 rings (SSSR count). The van der Waals surface area contributed by atoms with Gasteiger partial charge in [0.25, 0.3) is 0 Å². The summed E-state index contributed by atoms with van der Waals surface area (Å²) >= 11 is 0. The van der Waals surface area contributed by atoms with E-state index < -0.39 is 5.97 Å². The molecule has 1 atom stereocenters. The highest BCUT2D eigenvalue weighted by Crippen LogP contribution is 2.28. The van der Waals surface area contributed by atoms with Crippen molar-refractivity contribution in [1.29, 1.82) is 0 Å². The van der Waals surface area contributed by atoms with E-state index >= 15 is 0 Å². The Labute approximate surface area is 295 Å². The molecule has 0 aliphatic heterocycles. The van der Waals surface area contributed by atoms with Crippen LogP contribution in [-0.2, 0) is 4.79 Å². The molecule has 4 aromatic rings. The van der Waals surface area contributed by atoms with Crippen LogP contribution in [-0.4, -0.2) is 37.0 Å². The minimum absolute atomic E-state index is 0.132. The first-order chi connectivity index (χ1) is 23.9. The van der Waals surface area contributed by atoms with Crippen LogP contribution in [0.3, 0.4) is 0 Å². The van der Waals surface area contributed by atoms with Gasteiger partial charge in [0.2, 0.25) is 5.91 Å². The average molecular weight is 664 g/mol. The lowest BCUT2D eigenvalue weighted by Gasteiger charge is -2.22. The number of unbranched alkanes of at least 4 members (excludes halogenated alkanes) is 11. The molecule has 262 valence electrons. The van der Waals surface area contributed by atoms with E-state index in [4.69, 9.17) is 9.47 Å². The number of esters is 1. The lowest BCUT2D eigenvalue weighted by molar-refractivity contribution is -0.131. The van der Waals surface area contributed by atoms with E-state index in [2.05, 4.69) is 32.0 Å². The quantitative estimate of drug-likeness (QED) is 0.0506. The molecule has 0 radical (unpaired) electrons. The topological polar surface area (TPSA) is 55.8 Å². The number of carbonyl (C=O) groups excluding carboxylic acids is 2. The third kappa shape index (κ3) is 12.1. The molecule has 49 heavy (non-hydrogen) atoms. The van der Waals surface area contributed by atoms with Crippen molar-refractivity contribution in [3.63, 3.8) is 0 Å². The van der Waals surface area contributed by atoms with Crippen LogP contribution in [0.2, 0.25) is 0 Å². The number of nitrogens with zero attached hydrogens (tertiary/aromatic N) is 1. The summed E-state index contributed by atoms with van der Waals surface area (Å²) in [5.41, 5.74) is 3.57. The van der Waals surface area contributed by atoms with Crippen LogP contribution >= 0.6 is 0 Å². The molecule has 5 heteroatoms. The predicted octanol–water partition coefficient (Wildman–Crippen LogP) is 11.8.